The van der Waals surface area contributed by atoms with Gasteiger partial charge in [0.25, 0.3) is 0 Å². The molecular weight excluding hydrogens is 286 g/mol. The molecule has 0 unspecified atom stereocenters. The quantitative estimate of drug-likeness (QED) is 0.511. The molecule has 110 valence electrons. The minimum Gasteiger partial charge on any atom is -0.356 e. The van der Waals surface area contributed by atoms with Gasteiger partial charge in [-0.3, -0.25) is 0 Å². The maximum atomic E-state index is 9.53. The zero-order valence-electron chi connectivity index (χ0n) is 11.6. The topological polar surface area (TPSA) is 46.2 Å². The molecule has 0 fully saturated rings. The van der Waals surface area contributed by atoms with Gasteiger partial charge in [0.1, 0.15) is 12.2 Å². The predicted molar refractivity (Wildman–Crippen MR) is 89.0 cm³/mol. The van der Waals surface area contributed by atoms with E-state index in [9.17, 15) is 9.59 Å². The highest BCUT2D eigenvalue weighted by atomic mass is 35.5. The van der Waals surface area contributed by atoms with Crippen LogP contribution >= 0.6 is 12.4 Å². The van der Waals surface area contributed by atoms with Crippen LogP contribution in [0.25, 0.3) is 0 Å². The van der Waals surface area contributed by atoms with E-state index in [-0.39, 0.29) is 12.4 Å². The molecule has 0 bridgehead atoms. The molecule has 0 atom stereocenters. The Hall–Kier alpha value is -2.35. The molecule has 1 N–H and O–H groups in total. The smallest absolute Gasteiger partial charge is 0.120 e. The summed E-state index contributed by atoms with van der Waals surface area (Å²) in [6.45, 7) is 0. The van der Waals surface area contributed by atoms with E-state index < -0.39 is 0 Å². The van der Waals surface area contributed by atoms with Gasteiger partial charge < -0.3 is 10.1 Å². The van der Waals surface area contributed by atoms with Crippen LogP contribution in [0.1, 0.15) is 12.8 Å². The van der Waals surface area contributed by atoms with Crippen molar-refractivity contribution < 1.29 is 9.59 Å². The van der Waals surface area contributed by atoms with E-state index in [1.165, 1.54) is 6.08 Å². The van der Waals surface area contributed by atoms with E-state index in [4.69, 9.17) is 0 Å². The molecule has 2 rings (SSSR count). The largest absolute Gasteiger partial charge is 0.356 e. The lowest BCUT2D eigenvalue weighted by molar-refractivity contribution is -0.107. The van der Waals surface area contributed by atoms with Gasteiger partial charge in [-0.05, 0) is 30.7 Å². The van der Waals surface area contributed by atoms with E-state index in [0.29, 0.717) is 12.8 Å². The van der Waals surface area contributed by atoms with Crippen molar-refractivity contribution in [1.82, 2.24) is 0 Å². The molecule has 2 aromatic rings. The van der Waals surface area contributed by atoms with Gasteiger partial charge in [0.15, 0.2) is 0 Å². The van der Waals surface area contributed by atoms with E-state index >= 15 is 0 Å². The molecule has 0 aliphatic carbocycles. The number of nitrogens with one attached hydrogen (secondary N) is 1. The Kier molecular flexibility index (Phi) is 11.3. The van der Waals surface area contributed by atoms with Crippen LogP contribution in [0.2, 0.25) is 0 Å². The molecule has 0 aromatic heterocycles. The van der Waals surface area contributed by atoms with Gasteiger partial charge >= 0.3 is 0 Å². The third-order valence-electron chi connectivity index (χ3n) is 2.35. The van der Waals surface area contributed by atoms with Crippen molar-refractivity contribution in [2.24, 2.45) is 0 Å². The molecule has 21 heavy (non-hydrogen) atoms. The number of allylic oxidation sites excluding steroid dienone is 1. The molecule has 0 saturated heterocycles. The third kappa shape index (κ3) is 9.22. The molecule has 0 aliphatic heterocycles. The first-order valence-corrected chi connectivity index (χ1v) is 6.37. The summed E-state index contributed by atoms with van der Waals surface area (Å²) in [6, 6.07) is 20.3. The lowest BCUT2D eigenvalue weighted by Gasteiger charge is -2.04. The zero-order valence-corrected chi connectivity index (χ0v) is 12.4. The first-order valence-electron chi connectivity index (χ1n) is 6.37. The lowest BCUT2D eigenvalue weighted by Crippen LogP contribution is -1.87. The average Bonchev–Trinajstić information content (AvgIpc) is 2.51. The van der Waals surface area contributed by atoms with Crippen LogP contribution < -0.4 is 5.32 Å². The number of unbranched alkanes of at least 4 members (excludes halogenated alkanes) is 1. The highest BCUT2D eigenvalue weighted by Crippen LogP contribution is 2.14. The first kappa shape index (κ1) is 18.6. The summed E-state index contributed by atoms with van der Waals surface area (Å²) in [7, 11) is 0. The molecule has 0 radical (unpaired) electrons. The van der Waals surface area contributed by atoms with Gasteiger partial charge in [0.2, 0.25) is 0 Å². The van der Waals surface area contributed by atoms with E-state index in [0.717, 1.165) is 17.7 Å². The monoisotopic (exact) mass is 303 g/mol. The molecule has 3 nitrogen and oxygen atoms in total. The summed E-state index contributed by atoms with van der Waals surface area (Å²) in [5.74, 6) is 1.57. The van der Waals surface area contributed by atoms with Crippen LogP contribution in [0, 0.1) is 0 Å². The Labute approximate surface area is 131 Å². The van der Waals surface area contributed by atoms with E-state index in [2.05, 4.69) is 5.32 Å². The molecule has 0 aliphatic rings. The van der Waals surface area contributed by atoms with Crippen LogP contribution in [0.4, 0.5) is 11.4 Å². The second kappa shape index (κ2) is 12.7. The van der Waals surface area contributed by atoms with Crippen LogP contribution in [0.3, 0.4) is 0 Å². The standard InChI is InChI=1S/C12H11N.C5H6O2.ClH/c1-3-7-11(8-4-1)13-12-9-5-2-6-10-12;6-4-2-1-3-5-7;/h1-10,13H;2,5H,1,3H2;1H. The van der Waals surface area contributed by atoms with Crippen molar-refractivity contribution in [3.05, 3.63) is 66.7 Å². The van der Waals surface area contributed by atoms with Crippen molar-refractivity contribution in [3.63, 3.8) is 0 Å². The molecule has 0 heterocycles. The Morgan fingerprint density at radius 1 is 0.857 bits per heavy atom. The first-order chi connectivity index (χ1) is 9.86. The van der Waals surface area contributed by atoms with Gasteiger partial charge in [-0.1, -0.05) is 36.4 Å². The molecule has 0 amide bonds. The minimum absolute atomic E-state index is 0. The molecule has 2 aromatic carbocycles. The highest BCUT2D eigenvalue weighted by molar-refractivity contribution is 5.85. The maximum absolute atomic E-state index is 9.53. The van der Waals surface area contributed by atoms with Gasteiger partial charge in [-0.25, -0.2) is 4.79 Å². The lowest BCUT2D eigenvalue weighted by atomic mass is 10.3. The Balaban J connectivity index is 0.000000436. The Bertz CT molecular complexity index is 500. The van der Waals surface area contributed by atoms with Crippen molar-refractivity contribution in [2.45, 2.75) is 12.8 Å². The fraction of sp³-hybridized carbons (Fsp3) is 0.118. The summed E-state index contributed by atoms with van der Waals surface area (Å²) < 4.78 is 0. The predicted octanol–water partition coefficient (Wildman–Crippen LogP) is 4.21. The highest BCUT2D eigenvalue weighted by Gasteiger charge is 1.89. The zero-order chi connectivity index (χ0) is 14.5. The number of benzene rings is 2. The van der Waals surface area contributed by atoms with Crippen LogP contribution in [0.15, 0.2) is 66.7 Å². The second-order valence-corrected chi connectivity index (χ2v) is 3.92. The van der Waals surface area contributed by atoms with Gasteiger partial charge in [0, 0.05) is 23.9 Å². The van der Waals surface area contributed by atoms with Gasteiger partial charge in [0.05, 0.1) is 0 Å². The molecule has 0 saturated carbocycles. The van der Waals surface area contributed by atoms with Crippen LogP contribution in [0.5, 0.6) is 0 Å². The number of halogens is 1. The number of hydrogen-bond donors (Lipinski definition) is 1. The number of aldehydes is 1. The Morgan fingerprint density at radius 2 is 1.33 bits per heavy atom. The van der Waals surface area contributed by atoms with Gasteiger partial charge in [-0.2, -0.15) is 0 Å². The number of carbonyl (C=O) groups is 1. The third-order valence-corrected chi connectivity index (χ3v) is 2.35. The SMILES string of the molecule is Cl.O=C=CCCC=O.c1ccc(Nc2ccccc2)cc1. The second-order valence-electron chi connectivity index (χ2n) is 3.92. The van der Waals surface area contributed by atoms with Crippen molar-refractivity contribution >= 4 is 36.0 Å². The fourth-order valence-corrected chi connectivity index (χ4v) is 1.42. The van der Waals surface area contributed by atoms with Crippen molar-refractivity contribution in [2.75, 3.05) is 5.32 Å². The number of para-hydroxylation sites is 2. The van der Waals surface area contributed by atoms with E-state index in [1.807, 2.05) is 60.7 Å². The van der Waals surface area contributed by atoms with Gasteiger partial charge in [-0.15, -0.1) is 12.4 Å². The van der Waals surface area contributed by atoms with Crippen LogP contribution in [-0.2, 0) is 9.59 Å². The van der Waals surface area contributed by atoms with Crippen molar-refractivity contribution in [1.29, 1.82) is 0 Å². The summed E-state index contributed by atoms with van der Waals surface area (Å²) in [6.07, 6.45) is 3.02. The summed E-state index contributed by atoms with van der Waals surface area (Å²) in [4.78, 5) is 18.9. The normalized spacial score (nSPS) is 8.19. The fourth-order valence-electron chi connectivity index (χ4n) is 1.42. The molecular formula is C17H18ClNO2. The maximum Gasteiger partial charge on any atom is 0.120 e. The average molecular weight is 304 g/mol. The molecule has 4 heteroatoms. The summed E-state index contributed by atoms with van der Waals surface area (Å²) in [5, 5.41) is 3.30. The Morgan fingerprint density at radius 3 is 1.71 bits per heavy atom. The number of rotatable bonds is 5. The number of anilines is 2. The molecule has 0 spiro atoms. The van der Waals surface area contributed by atoms with Crippen molar-refractivity contribution in [3.8, 4) is 0 Å². The summed E-state index contributed by atoms with van der Waals surface area (Å²) >= 11 is 0. The minimum atomic E-state index is 0. The summed E-state index contributed by atoms with van der Waals surface area (Å²) in [5.41, 5.74) is 2.24. The van der Waals surface area contributed by atoms with Crippen LogP contribution in [-0.4, -0.2) is 12.2 Å². The number of carbonyl (C=O) groups excluding carboxylic acids is 2. The number of hydrogen-bond acceptors (Lipinski definition) is 3. The van der Waals surface area contributed by atoms with E-state index in [1.54, 1.807) is 5.94 Å².